The standard InChI is InChI=1S/C11H21N3O4/c1-7(9(17)13-11(2,3)4)12-10(18)14(5)6-8(15)16/h7H,6H2,1-5H3,(H,12,18)(H,13,17)(H,15,16). The summed E-state index contributed by atoms with van der Waals surface area (Å²) in [4.78, 5) is 34.6. The van der Waals surface area contributed by atoms with Gasteiger partial charge in [-0.05, 0) is 27.7 Å². The summed E-state index contributed by atoms with van der Waals surface area (Å²) < 4.78 is 0. The number of nitrogens with one attached hydrogen (secondary N) is 2. The summed E-state index contributed by atoms with van der Waals surface area (Å²) in [5, 5.41) is 13.7. The number of nitrogens with zero attached hydrogens (tertiary/aromatic N) is 1. The second kappa shape index (κ2) is 6.23. The first kappa shape index (κ1) is 16.2. The van der Waals surface area contributed by atoms with E-state index < -0.39 is 24.6 Å². The lowest BCUT2D eigenvalue weighted by Gasteiger charge is -2.25. The number of rotatable bonds is 4. The molecular formula is C11H21N3O4. The van der Waals surface area contributed by atoms with Crippen molar-refractivity contribution in [1.29, 1.82) is 0 Å². The lowest BCUT2D eigenvalue weighted by Crippen LogP contribution is -2.53. The summed E-state index contributed by atoms with van der Waals surface area (Å²) in [6.45, 7) is 6.61. The van der Waals surface area contributed by atoms with Gasteiger partial charge in [-0.1, -0.05) is 0 Å². The monoisotopic (exact) mass is 259 g/mol. The number of carboxylic acid groups (broad SMARTS) is 1. The van der Waals surface area contributed by atoms with Crippen molar-refractivity contribution < 1.29 is 19.5 Å². The van der Waals surface area contributed by atoms with Crippen LogP contribution in [0.25, 0.3) is 0 Å². The van der Waals surface area contributed by atoms with E-state index >= 15 is 0 Å². The molecule has 7 heteroatoms. The van der Waals surface area contributed by atoms with Gasteiger partial charge in [0.05, 0.1) is 0 Å². The van der Waals surface area contributed by atoms with Crippen LogP contribution in [0.2, 0.25) is 0 Å². The minimum atomic E-state index is -1.11. The van der Waals surface area contributed by atoms with E-state index in [1.165, 1.54) is 14.0 Å². The molecule has 0 heterocycles. The van der Waals surface area contributed by atoms with E-state index in [0.717, 1.165) is 4.90 Å². The topological polar surface area (TPSA) is 98.7 Å². The molecule has 3 amide bonds. The van der Waals surface area contributed by atoms with Crippen LogP contribution in [0.15, 0.2) is 0 Å². The molecule has 3 N–H and O–H groups in total. The average Bonchev–Trinajstić information content (AvgIpc) is 2.13. The molecule has 0 aromatic carbocycles. The highest BCUT2D eigenvalue weighted by atomic mass is 16.4. The molecule has 0 saturated carbocycles. The highest BCUT2D eigenvalue weighted by Gasteiger charge is 2.22. The lowest BCUT2D eigenvalue weighted by atomic mass is 10.1. The summed E-state index contributed by atoms with van der Waals surface area (Å²) >= 11 is 0. The van der Waals surface area contributed by atoms with E-state index in [1.807, 2.05) is 20.8 Å². The molecule has 7 nitrogen and oxygen atoms in total. The van der Waals surface area contributed by atoms with Crippen LogP contribution in [0.1, 0.15) is 27.7 Å². The van der Waals surface area contributed by atoms with Gasteiger partial charge in [-0.2, -0.15) is 0 Å². The fourth-order valence-corrected chi connectivity index (χ4v) is 1.11. The predicted molar refractivity (Wildman–Crippen MR) is 66.2 cm³/mol. The number of carboxylic acids is 1. The minimum absolute atomic E-state index is 0.320. The van der Waals surface area contributed by atoms with Crippen molar-refractivity contribution in [2.75, 3.05) is 13.6 Å². The Morgan fingerprint density at radius 2 is 1.78 bits per heavy atom. The molecule has 0 radical (unpaired) electrons. The molecule has 0 aliphatic carbocycles. The summed E-state index contributed by atoms with van der Waals surface area (Å²) in [5.74, 6) is -1.43. The first-order valence-electron chi connectivity index (χ1n) is 5.58. The summed E-state index contributed by atoms with van der Waals surface area (Å²) in [6.07, 6.45) is 0. The van der Waals surface area contributed by atoms with Gasteiger partial charge in [-0.15, -0.1) is 0 Å². The highest BCUT2D eigenvalue weighted by molar-refractivity contribution is 5.88. The maximum atomic E-state index is 11.7. The third kappa shape index (κ3) is 6.72. The van der Waals surface area contributed by atoms with Crippen LogP contribution in [0.4, 0.5) is 4.79 Å². The second-order valence-corrected chi connectivity index (χ2v) is 5.16. The second-order valence-electron chi connectivity index (χ2n) is 5.16. The van der Waals surface area contributed by atoms with Gasteiger partial charge in [-0.25, -0.2) is 4.79 Å². The summed E-state index contributed by atoms with van der Waals surface area (Å²) in [7, 11) is 1.35. The number of aliphatic carboxylic acids is 1. The molecule has 0 saturated heterocycles. The number of amides is 3. The van der Waals surface area contributed by atoms with Gasteiger partial charge in [0, 0.05) is 12.6 Å². The van der Waals surface area contributed by atoms with E-state index in [1.54, 1.807) is 0 Å². The number of urea groups is 1. The molecule has 0 aliphatic rings. The molecule has 0 aromatic heterocycles. The molecular weight excluding hydrogens is 238 g/mol. The van der Waals surface area contributed by atoms with Gasteiger partial charge in [0.15, 0.2) is 0 Å². The highest BCUT2D eigenvalue weighted by Crippen LogP contribution is 1.99. The Bertz CT molecular complexity index is 336. The van der Waals surface area contributed by atoms with Crippen molar-refractivity contribution >= 4 is 17.9 Å². The smallest absolute Gasteiger partial charge is 0.323 e. The van der Waals surface area contributed by atoms with E-state index in [4.69, 9.17) is 5.11 Å². The SMILES string of the molecule is CC(NC(=O)N(C)CC(=O)O)C(=O)NC(C)(C)C. The van der Waals surface area contributed by atoms with Crippen LogP contribution >= 0.6 is 0 Å². The summed E-state index contributed by atoms with van der Waals surface area (Å²) in [6, 6.07) is -1.33. The molecule has 0 bridgehead atoms. The zero-order valence-corrected chi connectivity index (χ0v) is 11.4. The van der Waals surface area contributed by atoms with Crippen molar-refractivity contribution in [3.8, 4) is 0 Å². The molecule has 104 valence electrons. The molecule has 0 fully saturated rings. The van der Waals surface area contributed by atoms with Gasteiger partial charge in [-0.3, -0.25) is 9.59 Å². The number of carbonyl (C=O) groups excluding carboxylic acids is 2. The Kier molecular flexibility index (Phi) is 5.61. The molecule has 0 aromatic rings. The van der Waals surface area contributed by atoms with E-state index in [-0.39, 0.29) is 11.4 Å². The van der Waals surface area contributed by atoms with Crippen molar-refractivity contribution in [1.82, 2.24) is 15.5 Å². The van der Waals surface area contributed by atoms with Gasteiger partial charge in [0.1, 0.15) is 12.6 Å². The first-order valence-corrected chi connectivity index (χ1v) is 5.58. The van der Waals surface area contributed by atoms with Gasteiger partial charge >= 0.3 is 12.0 Å². The molecule has 1 atom stereocenters. The zero-order valence-electron chi connectivity index (χ0n) is 11.4. The van der Waals surface area contributed by atoms with Crippen LogP contribution < -0.4 is 10.6 Å². The lowest BCUT2D eigenvalue weighted by molar-refractivity contribution is -0.137. The fourth-order valence-electron chi connectivity index (χ4n) is 1.11. The van der Waals surface area contributed by atoms with Crippen LogP contribution in [0.5, 0.6) is 0 Å². The first-order chi connectivity index (χ1) is 8.03. The number of hydrogen-bond donors (Lipinski definition) is 3. The van der Waals surface area contributed by atoms with Gasteiger partial charge in [0.25, 0.3) is 0 Å². The Morgan fingerprint density at radius 1 is 1.28 bits per heavy atom. The Hall–Kier alpha value is -1.79. The van der Waals surface area contributed by atoms with Gasteiger partial charge in [0.2, 0.25) is 5.91 Å². The fraction of sp³-hybridized carbons (Fsp3) is 0.727. The van der Waals surface area contributed by atoms with Crippen LogP contribution in [-0.2, 0) is 9.59 Å². The van der Waals surface area contributed by atoms with E-state index in [2.05, 4.69) is 10.6 Å². The maximum Gasteiger partial charge on any atom is 0.323 e. The third-order valence-corrected chi connectivity index (χ3v) is 1.95. The van der Waals surface area contributed by atoms with E-state index in [0.29, 0.717) is 0 Å². The summed E-state index contributed by atoms with van der Waals surface area (Å²) in [5.41, 5.74) is -0.386. The van der Waals surface area contributed by atoms with Gasteiger partial charge < -0.3 is 20.6 Å². The van der Waals surface area contributed by atoms with E-state index in [9.17, 15) is 14.4 Å². The third-order valence-electron chi connectivity index (χ3n) is 1.95. The minimum Gasteiger partial charge on any atom is -0.480 e. The van der Waals surface area contributed by atoms with Crippen molar-refractivity contribution in [2.45, 2.75) is 39.3 Å². The largest absolute Gasteiger partial charge is 0.480 e. The average molecular weight is 259 g/mol. The molecule has 0 aliphatic heterocycles. The normalized spacial score (nSPS) is 12.5. The van der Waals surface area contributed by atoms with Crippen molar-refractivity contribution in [3.05, 3.63) is 0 Å². The quantitative estimate of drug-likeness (QED) is 0.662. The predicted octanol–water partition coefficient (Wildman–Crippen LogP) is 0.0156. The zero-order chi connectivity index (χ0) is 14.5. The van der Waals surface area contributed by atoms with Crippen LogP contribution in [-0.4, -0.2) is 53.1 Å². The molecule has 18 heavy (non-hydrogen) atoms. The molecule has 1 unspecified atom stereocenters. The Labute approximate surface area is 107 Å². The maximum absolute atomic E-state index is 11.7. The number of carbonyl (C=O) groups is 3. The van der Waals surface area contributed by atoms with Crippen molar-refractivity contribution in [2.24, 2.45) is 0 Å². The van der Waals surface area contributed by atoms with Crippen molar-refractivity contribution in [3.63, 3.8) is 0 Å². The molecule has 0 spiro atoms. The number of likely N-dealkylation sites (N-methyl/N-ethyl adjacent to an activating group) is 1. The Morgan fingerprint density at radius 3 is 2.17 bits per heavy atom. The van der Waals surface area contributed by atoms with Crippen LogP contribution in [0, 0.1) is 0 Å². The van der Waals surface area contributed by atoms with Crippen LogP contribution in [0.3, 0.4) is 0 Å². The Balaban J connectivity index is 4.31. The molecule has 0 rings (SSSR count). The number of hydrogen-bond acceptors (Lipinski definition) is 3.